The van der Waals surface area contributed by atoms with Gasteiger partial charge in [-0.05, 0) is 83.9 Å². The number of anilines is 1. The van der Waals surface area contributed by atoms with Crippen molar-refractivity contribution in [1.82, 2.24) is 20.0 Å². The number of rotatable bonds is 7. The SMILES string of the molecule is CC(NC(=O)C(O)c1cc(F)cc(F)c1)C(=O)Nc1cc(C2(c3ccccc3)CCN(C)CC2)nn1C(C)(C)C. The summed E-state index contributed by atoms with van der Waals surface area (Å²) in [6, 6.07) is 13.5. The quantitative estimate of drug-likeness (QED) is 0.409. The van der Waals surface area contributed by atoms with Crippen LogP contribution in [0.2, 0.25) is 0 Å². The van der Waals surface area contributed by atoms with Gasteiger partial charge >= 0.3 is 0 Å². The van der Waals surface area contributed by atoms with Gasteiger partial charge in [-0.15, -0.1) is 0 Å². The fourth-order valence-electron chi connectivity index (χ4n) is 5.14. The number of carbonyl (C=O) groups excluding carboxylic acids is 2. The molecule has 2 atom stereocenters. The normalized spacial score (nSPS) is 17.2. The summed E-state index contributed by atoms with van der Waals surface area (Å²) in [5, 5.41) is 20.7. The number of hydrogen-bond donors (Lipinski definition) is 3. The summed E-state index contributed by atoms with van der Waals surface area (Å²) in [5.41, 5.74) is 0.991. The van der Waals surface area contributed by atoms with E-state index in [0.29, 0.717) is 11.9 Å². The van der Waals surface area contributed by atoms with Crippen LogP contribution >= 0.6 is 0 Å². The van der Waals surface area contributed by atoms with Gasteiger partial charge in [0.1, 0.15) is 23.5 Å². The molecule has 2 heterocycles. The molecule has 1 aliphatic rings. The molecule has 2 aromatic carbocycles. The third kappa shape index (κ3) is 6.23. The number of aliphatic hydroxyl groups is 1. The molecule has 0 bridgehead atoms. The van der Waals surface area contributed by atoms with E-state index in [1.54, 1.807) is 4.68 Å². The first-order valence-corrected chi connectivity index (χ1v) is 13.4. The first kappa shape index (κ1) is 29.4. The third-order valence-electron chi connectivity index (χ3n) is 7.45. The molecule has 1 aliphatic heterocycles. The highest BCUT2D eigenvalue weighted by atomic mass is 19.1. The van der Waals surface area contributed by atoms with Crippen LogP contribution in [-0.4, -0.2) is 57.8 Å². The molecular weight excluding hydrogens is 516 g/mol. The molecule has 0 spiro atoms. The first-order chi connectivity index (χ1) is 18.8. The van der Waals surface area contributed by atoms with Gasteiger partial charge in [-0.25, -0.2) is 13.5 Å². The molecule has 214 valence electrons. The van der Waals surface area contributed by atoms with Crippen molar-refractivity contribution in [3.63, 3.8) is 0 Å². The number of aromatic nitrogens is 2. The van der Waals surface area contributed by atoms with Crippen LogP contribution in [0, 0.1) is 11.6 Å². The molecule has 0 aliphatic carbocycles. The number of carbonyl (C=O) groups is 2. The number of hydrogen-bond acceptors (Lipinski definition) is 5. The maximum Gasteiger partial charge on any atom is 0.254 e. The van der Waals surface area contributed by atoms with Crippen molar-refractivity contribution in [3.05, 3.63) is 83.1 Å². The lowest BCUT2D eigenvalue weighted by Gasteiger charge is -2.40. The monoisotopic (exact) mass is 553 g/mol. The van der Waals surface area contributed by atoms with Gasteiger partial charge in [0, 0.05) is 17.5 Å². The van der Waals surface area contributed by atoms with Gasteiger partial charge in [-0.3, -0.25) is 9.59 Å². The van der Waals surface area contributed by atoms with Crippen molar-refractivity contribution in [3.8, 4) is 0 Å². The van der Waals surface area contributed by atoms with Gasteiger partial charge in [0.15, 0.2) is 6.10 Å². The van der Waals surface area contributed by atoms with E-state index in [0.717, 1.165) is 43.8 Å². The number of aliphatic hydroxyl groups excluding tert-OH is 1. The van der Waals surface area contributed by atoms with E-state index in [2.05, 4.69) is 34.7 Å². The van der Waals surface area contributed by atoms with Crippen LogP contribution in [0.1, 0.15) is 63.5 Å². The Morgan fingerprint density at radius 1 is 1.00 bits per heavy atom. The van der Waals surface area contributed by atoms with E-state index < -0.39 is 41.1 Å². The van der Waals surface area contributed by atoms with E-state index in [1.807, 2.05) is 45.0 Å². The van der Waals surface area contributed by atoms with Crippen molar-refractivity contribution in [2.75, 3.05) is 25.5 Å². The minimum absolute atomic E-state index is 0.248. The lowest BCUT2D eigenvalue weighted by molar-refractivity contribution is -0.132. The number of halogens is 2. The van der Waals surface area contributed by atoms with E-state index in [9.17, 15) is 23.5 Å². The van der Waals surface area contributed by atoms with Gasteiger partial charge in [-0.1, -0.05) is 30.3 Å². The Labute approximate surface area is 233 Å². The van der Waals surface area contributed by atoms with E-state index >= 15 is 0 Å². The third-order valence-corrected chi connectivity index (χ3v) is 7.45. The predicted octanol–water partition coefficient (Wildman–Crippen LogP) is 4.10. The Balaban J connectivity index is 1.58. The van der Waals surface area contributed by atoms with Crippen molar-refractivity contribution < 1.29 is 23.5 Å². The highest BCUT2D eigenvalue weighted by molar-refractivity contribution is 5.97. The van der Waals surface area contributed by atoms with Crippen molar-refractivity contribution >= 4 is 17.6 Å². The number of nitrogens with zero attached hydrogens (tertiary/aromatic N) is 3. The molecule has 1 aromatic heterocycles. The largest absolute Gasteiger partial charge is 0.378 e. The summed E-state index contributed by atoms with van der Waals surface area (Å²) in [5.74, 6) is -2.84. The molecule has 0 saturated carbocycles. The minimum atomic E-state index is -1.85. The highest BCUT2D eigenvalue weighted by Gasteiger charge is 2.40. The van der Waals surface area contributed by atoms with Crippen molar-refractivity contribution in [1.29, 1.82) is 0 Å². The van der Waals surface area contributed by atoms with Crippen LogP contribution in [0.5, 0.6) is 0 Å². The van der Waals surface area contributed by atoms with Gasteiger partial charge < -0.3 is 20.6 Å². The Hall–Kier alpha value is -3.63. The van der Waals surface area contributed by atoms with Crippen LogP contribution in [0.15, 0.2) is 54.6 Å². The van der Waals surface area contributed by atoms with E-state index in [-0.39, 0.29) is 11.0 Å². The number of nitrogens with one attached hydrogen (secondary N) is 2. The van der Waals surface area contributed by atoms with E-state index in [4.69, 9.17) is 5.10 Å². The zero-order valence-electron chi connectivity index (χ0n) is 23.5. The summed E-state index contributed by atoms with van der Waals surface area (Å²) in [7, 11) is 2.10. The molecule has 10 heteroatoms. The lowest BCUT2D eigenvalue weighted by Crippen LogP contribution is -2.44. The number of amides is 2. The van der Waals surface area contributed by atoms with Crippen LogP contribution in [0.4, 0.5) is 14.6 Å². The van der Waals surface area contributed by atoms with Crippen LogP contribution < -0.4 is 10.6 Å². The molecule has 2 unspecified atom stereocenters. The number of likely N-dealkylation sites (tertiary alicyclic amines) is 1. The summed E-state index contributed by atoms with van der Waals surface area (Å²) in [4.78, 5) is 28.1. The average Bonchev–Trinajstić information content (AvgIpc) is 3.33. The molecule has 3 aromatic rings. The molecule has 3 N–H and O–H groups in total. The summed E-state index contributed by atoms with van der Waals surface area (Å²) >= 11 is 0. The number of benzene rings is 2. The van der Waals surface area contributed by atoms with Gasteiger partial charge in [0.05, 0.1) is 11.2 Å². The molecule has 8 nitrogen and oxygen atoms in total. The van der Waals surface area contributed by atoms with Crippen LogP contribution in [0.3, 0.4) is 0 Å². The highest BCUT2D eigenvalue weighted by Crippen LogP contribution is 2.42. The zero-order chi connectivity index (χ0) is 29.2. The Morgan fingerprint density at radius 3 is 2.17 bits per heavy atom. The Kier molecular flexibility index (Phi) is 8.41. The van der Waals surface area contributed by atoms with Crippen molar-refractivity contribution in [2.45, 2.75) is 63.6 Å². The second kappa shape index (κ2) is 11.5. The minimum Gasteiger partial charge on any atom is -0.378 e. The van der Waals surface area contributed by atoms with E-state index in [1.165, 1.54) is 12.5 Å². The van der Waals surface area contributed by atoms with Gasteiger partial charge in [0.2, 0.25) is 5.91 Å². The molecule has 2 amide bonds. The maximum absolute atomic E-state index is 13.6. The summed E-state index contributed by atoms with van der Waals surface area (Å²) < 4.78 is 28.9. The fourth-order valence-corrected chi connectivity index (χ4v) is 5.14. The second-order valence-electron chi connectivity index (χ2n) is 11.6. The van der Waals surface area contributed by atoms with Crippen LogP contribution in [-0.2, 0) is 20.5 Å². The summed E-state index contributed by atoms with van der Waals surface area (Å²) in [6.07, 6.45) is -0.109. The molecule has 40 heavy (non-hydrogen) atoms. The molecular formula is C30H37F2N5O3. The lowest BCUT2D eigenvalue weighted by atomic mass is 9.70. The summed E-state index contributed by atoms with van der Waals surface area (Å²) in [6.45, 7) is 9.24. The van der Waals surface area contributed by atoms with Gasteiger partial charge in [0.25, 0.3) is 5.91 Å². The predicted molar refractivity (Wildman–Crippen MR) is 149 cm³/mol. The van der Waals surface area contributed by atoms with Crippen molar-refractivity contribution in [2.24, 2.45) is 0 Å². The molecule has 0 radical (unpaired) electrons. The molecule has 1 saturated heterocycles. The smallest absolute Gasteiger partial charge is 0.254 e. The van der Waals surface area contributed by atoms with Crippen LogP contribution in [0.25, 0.3) is 0 Å². The fraction of sp³-hybridized carbons (Fsp3) is 0.433. The average molecular weight is 554 g/mol. The standard InChI is InChI=1S/C30H37F2N5O3/c1-19(33-28(40)26(38)20-15-22(31)17-23(32)16-20)27(39)34-25-18-24(35-37(25)29(2,3)4)30(11-13-36(5)14-12-30)21-9-7-6-8-10-21/h6-10,15-19,26,38H,11-14H2,1-5H3,(H,33,40)(H,34,39). The maximum atomic E-state index is 13.6. The Morgan fingerprint density at radius 2 is 1.60 bits per heavy atom. The topological polar surface area (TPSA) is 99.5 Å². The number of piperidine rings is 1. The molecule has 1 fully saturated rings. The van der Waals surface area contributed by atoms with Gasteiger partial charge in [-0.2, -0.15) is 5.10 Å². The Bertz CT molecular complexity index is 1340. The molecule has 4 rings (SSSR count). The zero-order valence-corrected chi connectivity index (χ0v) is 23.5. The second-order valence-corrected chi connectivity index (χ2v) is 11.6. The first-order valence-electron chi connectivity index (χ1n) is 13.4.